The molecule has 7 heteroatoms. The van der Waals surface area contributed by atoms with E-state index in [9.17, 15) is 4.79 Å². The fourth-order valence-corrected chi connectivity index (χ4v) is 2.81. The van der Waals surface area contributed by atoms with Crippen LogP contribution in [0.2, 0.25) is 5.02 Å². The molecule has 2 aromatic carbocycles. The fourth-order valence-electron chi connectivity index (χ4n) is 2.07. The van der Waals surface area contributed by atoms with Crippen LogP contribution < -0.4 is 5.32 Å². The van der Waals surface area contributed by atoms with Crippen LogP contribution in [-0.4, -0.2) is 21.9 Å². The van der Waals surface area contributed by atoms with E-state index in [4.69, 9.17) is 16.0 Å². The van der Waals surface area contributed by atoms with E-state index >= 15 is 0 Å². The number of anilines is 1. The van der Waals surface area contributed by atoms with Crippen molar-refractivity contribution in [2.45, 2.75) is 12.1 Å². The molecule has 3 aromatic rings. The SMILES string of the molecule is Cc1ccccc1-c1nnc(SCC(=O)Nc2ccccc2Cl)o1. The number of carbonyl (C=O) groups is 1. The van der Waals surface area contributed by atoms with Crippen molar-refractivity contribution in [1.29, 1.82) is 0 Å². The van der Waals surface area contributed by atoms with Crippen molar-refractivity contribution in [3.8, 4) is 11.5 Å². The maximum Gasteiger partial charge on any atom is 0.277 e. The normalized spacial score (nSPS) is 10.6. The topological polar surface area (TPSA) is 68.0 Å². The molecule has 122 valence electrons. The van der Waals surface area contributed by atoms with Gasteiger partial charge in [-0.3, -0.25) is 4.79 Å². The van der Waals surface area contributed by atoms with Gasteiger partial charge in [-0.25, -0.2) is 0 Å². The summed E-state index contributed by atoms with van der Waals surface area (Å²) in [5, 5.41) is 11.6. The van der Waals surface area contributed by atoms with Crippen LogP contribution in [0.15, 0.2) is 58.2 Å². The van der Waals surface area contributed by atoms with Gasteiger partial charge < -0.3 is 9.73 Å². The molecule has 0 radical (unpaired) electrons. The molecule has 0 spiro atoms. The highest BCUT2D eigenvalue weighted by atomic mass is 35.5. The lowest BCUT2D eigenvalue weighted by atomic mass is 10.1. The summed E-state index contributed by atoms with van der Waals surface area (Å²) in [5.74, 6) is 0.409. The molecule has 0 aliphatic heterocycles. The Morgan fingerprint density at radius 1 is 1.17 bits per heavy atom. The highest BCUT2D eigenvalue weighted by molar-refractivity contribution is 7.99. The van der Waals surface area contributed by atoms with Crippen molar-refractivity contribution >= 4 is 35.0 Å². The monoisotopic (exact) mass is 359 g/mol. The van der Waals surface area contributed by atoms with Crippen molar-refractivity contribution in [2.24, 2.45) is 0 Å². The average Bonchev–Trinajstić information content (AvgIpc) is 3.04. The predicted molar refractivity (Wildman–Crippen MR) is 95.3 cm³/mol. The Labute approximate surface area is 148 Å². The van der Waals surface area contributed by atoms with Crippen LogP contribution in [0.5, 0.6) is 0 Å². The molecule has 1 N–H and O–H groups in total. The summed E-state index contributed by atoms with van der Waals surface area (Å²) in [6.07, 6.45) is 0. The van der Waals surface area contributed by atoms with Gasteiger partial charge >= 0.3 is 0 Å². The lowest BCUT2D eigenvalue weighted by Gasteiger charge is -2.05. The van der Waals surface area contributed by atoms with Gasteiger partial charge in [-0.1, -0.05) is 53.7 Å². The fraction of sp³-hybridized carbons (Fsp3) is 0.118. The Morgan fingerprint density at radius 3 is 2.71 bits per heavy atom. The Hall–Kier alpha value is -2.31. The molecule has 3 rings (SSSR count). The molecular formula is C17H14ClN3O2S. The first-order valence-corrected chi connectivity index (χ1v) is 8.56. The van der Waals surface area contributed by atoms with E-state index in [1.165, 1.54) is 11.8 Å². The zero-order valence-corrected chi connectivity index (χ0v) is 14.4. The Kier molecular flexibility index (Phi) is 5.17. The minimum absolute atomic E-state index is 0.153. The van der Waals surface area contributed by atoms with Crippen LogP contribution >= 0.6 is 23.4 Å². The van der Waals surface area contributed by atoms with E-state index in [0.29, 0.717) is 21.8 Å². The van der Waals surface area contributed by atoms with Crippen LogP contribution in [0.3, 0.4) is 0 Å². The summed E-state index contributed by atoms with van der Waals surface area (Å²) in [6, 6.07) is 14.8. The summed E-state index contributed by atoms with van der Waals surface area (Å²) in [6.45, 7) is 1.98. The number of amides is 1. The number of rotatable bonds is 5. The van der Waals surface area contributed by atoms with Gasteiger partial charge in [0, 0.05) is 5.56 Å². The van der Waals surface area contributed by atoms with E-state index in [-0.39, 0.29) is 11.7 Å². The first-order valence-electron chi connectivity index (χ1n) is 7.20. The van der Waals surface area contributed by atoms with Crippen molar-refractivity contribution in [1.82, 2.24) is 10.2 Å². The van der Waals surface area contributed by atoms with Crippen LogP contribution in [0.25, 0.3) is 11.5 Å². The van der Waals surface area contributed by atoms with Gasteiger partial charge in [0.25, 0.3) is 5.22 Å². The summed E-state index contributed by atoms with van der Waals surface area (Å²) in [5.41, 5.74) is 2.52. The van der Waals surface area contributed by atoms with Gasteiger partial charge in [-0.2, -0.15) is 0 Å². The highest BCUT2D eigenvalue weighted by Gasteiger charge is 2.13. The summed E-state index contributed by atoms with van der Waals surface area (Å²) < 4.78 is 5.61. The van der Waals surface area contributed by atoms with Gasteiger partial charge in [0.2, 0.25) is 11.8 Å². The molecule has 0 unspecified atom stereocenters. The van der Waals surface area contributed by atoms with Crippen molar-refractivity contribution in [3.05, 3.63) is 59.1 Å². The third kappa shape index (κ3) is 3.96. The molecule has 5 nitrogen and oxygen atoms in total. The molecular weight excluding hydrogens is 346 g/mol. The maximum atomic E-state index is 12.0. The molecule has 0 bridgehead atoms. The molecule has 1 amide bonds. The molecule has 1 aromatic heterocycles. The highest BCUT2D eigenvalue weighted by Crippen LogP contribution is 2.26. The predicted octanol–water partition coefficient (Wildman–Crippen LogP) is 4.43. The van der Waals surface area contributed by atoms with Crippen molar-refractivity contribution < 1.29 is 9.21 Å². The summed E-state index contributed by atoms with van der Waals surface area (Å²) in [4.78, 5) is 12.0. The number of benzene rings is 2. The number of carbonyl (C=O) groups excluding carboxylic acids is 1. The van der Waals surface area contributed by atoms with Gasteiger partial charge in [0.15, 0.2) is 0 Å². The summed E-state index contributed by atoms with van der Waals surface area (Å²) in [7, 11) is 0. The molecule has 0 aliphatic rings. The molecule has 0 saturated heterocycles. The number of halogens is 1. The maximum absolute atomic E-state index is 12.0. The van der Waals surface area contributed by atoms with E-state index in [0.717, 1.165) is 11.1 Å². The number of hydrogen-bond acceptors (Lipinski definition) is 5. The van der Waals surface area contributed by atoms with Crippen molar-refractivity contribution in [2.75, 3.05) is 11.1 Å². The van der Waals surface area contributed by atoms with Gasteiger partial charge in [-0.15, -0.1) is 10.2 Å². The third-order valence-electron chi connectivity index (χ3n) is 3.26. The van der Waals surface area contributed by atoms with E-state index < -0.39 is 0 Å². The molecule has 24 heavy (non-hydrogen) atoms. The number of para-hydroxylation sites is 1. The smallest absolute Gasteiger partial charge is 0.277 e. The number of nitrogens with zero attached hydrogens (tertiary/aromatic N) is 2. The second kappa shape index (κ2) is 7.51. The van der Waals surface area contributed by atoms with Gasteiger partial charge in [-0.05, 0) is 30.7 Å². The first-order chi connectivity index (χ1) is 11.6. The Bertz CT molecular complexity index is 866. The number of thioether (sulfide) groups is 1. The zero-order valence-electron chi connectivity index (χ0n) is 12.8. The number of aryl methyl sites for hydroxylation is 1. The van der Waals surface area contributed by atoms with Gasteiger partial charge in [0.05, 0.1) is 16.5 Å². The van der Waals surface area contributed by atoms with Gasteiger partial charge in [0.1, 0.15) is 0 Å². The molecule has 0 saturated carbocycles. The third-order valence-corrected chi connectivity index (χ3v) is 4.40. The zero-order chi connectivity index (χ0) is 16.9. The van der Waals surface area contributed by atoms with Crippen molar-refractivity contribution in [3.63, 3.8) is 0 Å². The second-order valence-corrected chi connectivity index (χ2v) is 6.34. The molecule has 0 aliphatic carbocycles. The standard InChI is InChI=1S/C17H14ClN3O2S/c1-11-6-2-3-7-12(11)16-20-21-17(23-16)24-10-15(22)19-14-9-5-4-8-13(14)18/h2-9H,10H2,1H3,(H,19,22). The molecule has 0 atom stereocenters. The Morgan fingerprint density at radius 2 is 1.92 bits per heavy atom. The van der Waals surface area contributed by atoms with Crippen LogP contribution in [-0.2, 0) is 4.79 Å². The van der Waals surface area contributed by atoms with Crippen LogP contribution in [0.4, 0.5) is 5.69 Å². The second-order valence-electron chi connectivity index (χ2n) is 5.00. The lowest BCUT2D eigenvalue weighted by molar-refractivity contribution is -0.113. The number of hydrogen-bond donors (Lipinski definition) is 1. The Balaban J connectivity index is 1.61. The first kappa shape index (κ1) is 16.5. The van der Waals surface area contributed by atoms with Crippen LogP contribution in [0, 0.1) is 6.92 Å². The van der Waals surface area contributed by atoms with E-state index in [2.05, 4.69) is 15.5 Å². The quantitative estimate of drug-likeness (QED) is 0.682. The van der Waals surface area contributed by atoms with E-state index in [1.54, 1.807) is 24.3 Å². The number of aromatic nitrogens is 2. The van der Waals surface area contributed by atoms with Crippen LogP contribution in [0.1, 0.15) is 5.56 Å². The number of nitrogens with one attached hydrogen (secondary N) is 1. The largest absolute Gasteiger partial charge is 0.411 e. The average molecular weight is 360 g/mol. The molecule has 1 heterocycles. The molecule has 0 fully saturated rings. The minimum atomic E-state index is -0.191. The van der Waals surface area contributed by atoms with E-state index in [1.807, 2.05) is 31.2 Å². The minimum Gasteiger partial charge on any atom is -0.411 e. The summed E-state index contributed by atoms with van der Waals surface area (Å²) >= 11 is 7.19. The lowest BCUT2D eigenvalue weighted by Crippen LogP contribution is -2.14.